The predicted octanol–water partition coefficient (Wildman–Crippen LogP) is 5.69. The fourth-order valence-corrected chi connectivity index (χ4v) is 3.85. The number of carbonyl (C=O) groups excluding carboxylic acids is 1. The number of anilines is 1. The van der Waals surface area contributed by atoms with Crippen LogP contribution in [-0.4, -0.2) is 26.1 Å². The van der Waals surface area contributed by atoms with Gasteiger partial charge in [0.15, 0.2) is 5.58 Å². The number of amides is 1. The van der Waals surface area contributed by atoms with Crippen LogP contribution >= 0.6 is 0 Å². The molecular weight excluding hydrogens is 414 g/mol. The van der Waals surface area contributed by atoms with Crippen molar-refractivity contribution in [2.45, 2.75) is 0 Å². The van der Waals surface area contributed by atoms with Crippen LogP contribution in [0.25, 0.3) is 44.6 Å². The molecule has 7 nitrogen and oxygen atoms in total. The first-order chi connectivity index (χ1) is 16.2. The number of aromatic nitrogens is 4. The standard InChI is InChI=1S/C26H17N5O2/c32-25(19-8-4-10-27-14-19)29-20-9-3-7-18(11-20)24-21(15-28-31-24)26-30-22-12-16-5-1-2-6-17(16)13-23(22)33-26/h1-15H,(H,28,31)(H,29,32). The van der Waals surface area contributed by atoms with Crippen LogP contribution in [0.3, 0.4) is 0 Å². The monoisotopic (exact) mass is 431 g/mol. The lowest BCUT2D eigenvalue weighted by molar-refractivity contribution is 0.102. The van der Waals surface area contributed by atoms with Gasteiger partial charge in [0.05, 0.1) is 23.0 Å². The van der Waals surface area contributed by atoms with Crippen LogP contribution in [0.2, 0.25) is 0 Å². The van der Waals surface area contributed by atoms with E-state index in [0.717, 1.165) is 33.1 Å². The molecule has 3 aromatic heterocycles. The number of benzene rings is 3. The van der Waals surface area contributed by atoms with Crippen molar-refractivity contribution < 1.29 is 9.21 Å². The second-order valence-corrected chi connectivity index (χ2v) is 7.62. The number of rotatable bonds is 4. The first kappa shape index (κ1) is 18.9. The summed E-state index contributed by atoms with van der Waals surface area (Å²) in [4.78, 5) is 21.2. The average molecular weight is 431 g/mol. The number of hydrogen-bond acceptors (Lipinski definition) is 5. The van der Waals surface area contributed by atoms with Crippen LogP contribution in [-0.2, 0) is 0 Å². The predicted molar refractivity (Wildman–Crippen MR) is 127 cm³/mol. The molecule has 0 atom stereocenters. The van der Waals surface area contributed by atoms with Gasteiger partial charge in [-0.1, -0.05) is 36.4 Å². The van der Waals surface area contributed by atoms with Crippen LogP contribution in [0, 0.1) is 0 Å². The van der Waals surface area contributed by atoms with E-state index in [9.17, 15) is 4.79 Å². The Morgan fingerprint density at radius 2 is 1.79 bits per heavy atom. The van der Waals surface area contributed by atoms with E-state index in [0.29, 0.717) is 22.7 Å². The largest absolute Gasteiger partial charge is 0.436 e. The third-order valence-electron chi connectivity index (χ3n) is 5.46. The van der Waals surface area contributed by atoms with Crippen molar-refractivity contribution in [1.29, 1.82) is 0 Å². The zero-order valence-corrected chi connectivity index (χ0v) is 17.3. The molecule has 3 heterocycles. The molecule has 6 rings (SSSR count). The van der Waals surface area contributed by atoms with E-state index in [-0.39, 0.29) is 5.91 Å². The van der Waals surface area contributed by atoms with Crippen molar-refractivity contribution in [1.82, 2.24) is 20.2 Å². The summed E-state index contributed by atoms with van der Waals surface area (Å²) < 4.78 is 6.09. The molecule has 6 aromatic rings. The molecule has 2 N–H and O–H groups in total. The molecule has 158 valence electrons. The summed E-state index contributed by atoms with van der Waals surface area (Å²) in [5, 5.41) is 12.4. The van der Waals surface area contributed by atoms with Crippen molar-refractivity contribution in [2.24, 2.45) is 0 Å². The minimum atomic E-state index is -0.226. The molecule has 0 fully saturated rings. The summed E-state index contributed by atoms with van der Waals surface area (Å²) in [7, 11) is 0. The summed E-state index contributed by atoms with van der Waals surface area (Å²) in [6.07, 6.45) is 4.86. The lowest BCUT2D eigenvalue weighted by Crippen LogP contribution is -2.11. The summed E-state index contributed by atoms with van der Waals surface area (Å²) in [6.45, 7) is 0. The normalized spacial score (nSPS) is 11.2. The van der Waals surface area contributed by atoms with Crippen molar-refractivity contribution in [3.8, 4) is 22.7 Å². The molecule has 0 radical (unpaired) electrons. The molecule has 7 heteroatoms. The van der Waals surface area contributed by atoms with Gasteiger partial charge in [0.25, 0.3) is 5.91 Å². The van der Waals surface area contributed by atoms with Crippen LogP contribution in [0.4, 0.5) is 5.69 Å². The molecule has 0 unspecified atom stereocenters. The number of hydrogen-bond donors (Lipinski definition) is 2. The number of aromatic amines is 1. The molecule has 0 saturated heterocycles. The molecule has 1 amide bonds. The van der Waals surface area contributed by atoms with Gasteiger partial charge < -0.3 is 9.73 Å². The fourth-order valence-electron chi connectivity index (χ4n) is 3.85. The molecule has 0 aliphatic rings. The molecule has 33 heavy (non-hydrogen) atoms. The first-order valence-corrected chi connectivity index (χ1v) is 10.4. The number of fused-ring (bicyclic) bond motifs is 2. The van der Waals surface area contributed by atoms with E-state index in [1.54, 1.807) is 24.5 Å². The van der Waals surface area contributed by atoms with E-state index in [1.807, 2.05) is 54.6 Å². The molecule has 0 aliphatic carbocycles. The minimum Gasteiger partial charge on any atom is -0.436 e. The maximum absolute atomic E-state index is 12.5. The third kappa shape index (κ3) is 3.51. The van der Waals surface area contributed by atoms with Gasteiger partial charge in [-0.2, -0.15) is 5.10 Å². The minimum absolute atomic E-state index is 0.226. The maximum atomic E-state index is 12.5. The number of nitrogens with one attached hydrogen (secondary N) is 2. The van der Waals surface area contributed by atoms with Gasteiger partial charge in [0.1, 0.15) is 5.52 Å². The van der Waals surface area contributed by atoms with E-state index in [4.69, 9.17) is 9.40 Å². The van der Waals surface area contributed by atoms with Crippen molar-refractivity contribution in [2.75, 3.05) is 5.32 Å². The Balaban J connectivity index is 1.35. The van der Waals surface area contributed by atoms with E-state index in [2.05, 4.69) is 26.6 Å². The van der Waals surface area contributed by atoms with Gasteiger partial charge >= 0.3 is 0 Å². The summed E-state index contributed by atoms with van der Waals surface area (Å²) in [6, 6.07) is 23.1. The molecule has 0 bridgehead atoms. The van der Waals surface area contributed by atoms with Crippen LogP contribution < -0.4 is 5.32 Å². The van der Waals surface area contributed by atoms with Crippen LogP contribution in [0.5, 0.6) is 0 Å². The summed E-state index contributed by atoms with van der Waals surface area (Å²) in [5.41, 5.74) is 4.99. The number of nitrogens with zero attached hydrogens (tertiary/aromatic N) is 3. The average Bonchev–Trinajstić information content (AvgIpc) is 3.50. The SMILES string of the molecule is O=C(Nc1cccc(-c2[nH]ncc2-c2nc3cc4ccccc4cc3o2)c1)c1cccnc1. The quantitative estimate of drug-likeness (QED) is 0.374. The summed E-state index contributed by atoms with van der Waals surface area (Å²) >= 11 is 0. The van der Waals surface area contributed by atoms with Gasteiger partial charge in [-0.15, -0.1) is 0 Å². The van der Waals surface area contributed by atoms with E-state index >= 15 is 0 Å². The number of H-pyrrole nitrogens is 1. The van der Waals surface area contributed by atoms with Gasteiger partial charge in [0, 0.05) is 23.6 Å². The van der Waals surface area contributed by atoms with E-state index < -0.39 is 0 Å². The van der Waals surface area contributed by atoms with Crippen molar-refractivity contribution >= 4 is 33.5 Å². The highest BCUT2D eigenvalue weighted by Crippen LogP contribution is 2.34. The Morgan fingerprint density at radius 1 is 0.909 bits per heavy atom. The highest BCUT2D eigenvalue weighted by molar-refractivity contribution is 6.04. The third-order valence-corrected chi connectivity index (χ3v) is 5.46. The summed E-state index contributed by atoms with van der Waals surface area (Å²) in [5.74, 6) is 0.255. The number of oxazole rings is 1. The second kappa shape index (κ2) is 7.72. The lowest BCUT2D eigenvalue weighted by Gasteiger charge is -2.07. The Morgan fingerprint density at radius 3 is 2.64 bits per heavy atom. The Labute approximate surface area is 188 Å². The molecular formula is C26H17N5O2. The van der Waals surface area contributed by atoms with Gasteiger partial charge in [-0.05, 0) is 47.2 Å². The second-order valence-electron chi connectivity index (χ2n) is 7.62. The van der Waals surface area contributed by atoms with Gasteiger partial charge in [0.2, 0.25) is 5.89 Å². The smallest absolute Gasteiger partial charge is 0.257 e. The zero-order chi connectivity index (χ0) is 22.2. The lowest BCUT2D eigenvalue weighted by atomic mass is 10.1. The highest BCUT2D eigenvalue weighted by atomic mass is 16.3. The highest BCUT2D eigenvalue weighted by Gasteiger charge is 2.17. The molecule has 0 spiro atoms. The van der Waals surface area contributed by atoms with Crippen LogP contribution in [0.15, 0.2) is 95.8 Å². The van der Waals surface area contributed by atoms with Crippen LogP contribution in [0.1, 0.15) is 10.4 Å². The van der Waals surface area contributed by atoms with E-state index in [1.165, 1.54) is 6.20 Å². The Kier molecular flexibility index (Phi) is 4.43. The number of carbonyl (C=O) groups is 1. The first-order valence-electron chi connectivity index (χ1n) is 10.4. The molecule has 0 saturated carbocycles. The molecule has 3 aromatic carbocycles. The fraction of sp³-hybridized carbons (Fsp3) is 0. The number of pyridine rings is 1. The maximum Gasteiger partial charge on any atom is 0.257 e. The van der Waals surface area contributed by atoms with Gasteiger partial charge in [-0.3, -0.25) is 14.9 Å². The topological polar surface area (TPSA) is 96.7 Å². The molecule has 0 aliphatic heterocycles. The van der Waals surface area contributed by atoms with Crippen molar-refractivity contribution in [3.63, 3.8) is 0 Å². The van der Waals surface area contributed by atoms with Gasteiger partial charge in [-0.25, -0.2) is 4.98 Å². The van der Waals surface area contributed by atoms with Crippen molar-refractivity contribution in [3.05, 3.63) is 97.0 Å². The Hall–Kier alpha value is -4.78. The zero-order valence-electron chi connectivity index (χ0n) is 17.3. The Bertz CT molecular complexity index is 1570.